The van der Waals surface area contributed by atoms with Gasteiger partial charge in [0.05, 0.1) is 9.75 Å². The van der Waals surface area contributed by atoms with E-state index in [9.17, 15) is 4.79 Å². The van der Waals surface area contributed by atoms with E-state index in [1.807, 2.05) is 34.5 Å². The molecule has 0 saturated carbocycles. The standard InChI is InChI=1S/C11H12NOS2/c1-8-9(2)15-7-12(8)6-10(13)11-4-3-5-14-11/h3-5,7H,6H2,1-2H3/q+1. The zero-order chi connectivity index (χ0) is 10.8. The van der Waals surface area contributed by atoms with E-state index in [4.69, 9.17) is 0 Å². The van der Waals surface area contributed by atoms with Crippen LogP contribution in [0, 0.1) is 13.8 Å². The second kappa shape index (κ2) is 4.24. The van der Waals surface area contributed by atoms with Crippen molar-refractivity contribution in [3.8, 4) is 0 Å². The summed E-state index contributed by atoms with van der Waals surface area (Å²) in [7, 11) is 0. The molecule has 2 nitrogen and oxygen atoms in total. The van der Waals surface area contributed by atoms with Crippen LogP contribution >= 0.6 is 22.7 Å². The lowest BCUT2D eigenvalue weighted by Gasteiger charge is -1.93. The van der Waals surface area contributed by atoms with E-state index in [1.165, 1.54) is 21.9 Å². The van der Waals surface area contributed by atoms with Crippen molar-refractivity contribution in [2.24, 2.45) is 0 Å². The molecule has 0 fully saturated rings. The number of nitrogens with zero attached hydrogens (tertiary/aromatic N) is 1. The molecular weight excluding hydrogens is 226 g/mol. The topological polar surface area (TPSA) is 20.9 Å². The molecule has 2 heterocycles. The highest BCUT2D eigenvalue weighted by Crippen LogP contribution is 2.11. The van der Waals surface area contributed by atoms with Crippen LogP contribution in [0.3, 0.4) is 0 Å². The van der Waals surface area contributed by atoms with E-state index in [0.717, 1.165) is 4.88 Å². The van der Waals surface area contributed by atoms with E-state index in [0.29, 0.717) is 6.54 Å². The van der Waals surface area contributed by atoms with E-state index in [-0.39, 0.29) is 5.78 Å². The number of Topliss-reactive ketones (excluding diaryl/α,β-unsaturated/α-hetero) is 1. The van der Waals surface area contributed by atoms with Crippen LogP contribution in [0.2, 0.25) is 0 Å². The fourth-order valence-electron chi connectivity index (χ4n) is 1.33. The zero-order valence-electron chi connectivity index (χ0n) is 8.69. The molecular formula is C11H12NOS2+. The van der Waals surface area contributed by atoms with Crippen molar-refractivity contribution in [2.45, 2.75) is 20.4 Å². The van der Waals surface area contributed by atoms with E-state index < -0.39 is 0 Å². The average Bonchev–Trinajstić information content (AvgIpc) is 2.83. The summed E-state index contributed by atoms with van der Waals surface area (Å²) in [5.41, 5.74) is 3.20. The minimum Gasteiger partial charge on any atom is -0.286 e. The minimum absolute atomic E-state index is 0.191. The Bertz CT molecular complexity index is 471. The molecule has 2 aromatic rings. The Labute approximate surface area is 96.8 Å². The molecule has 0 unspecified atom stereocenters. The Morgan fingerprint density at radius 2 is 2.20 bits per heavy atom. The Kier molecular flexibility index (Phi) is 2.98. The number of aryl methyl sites for hydroxylation is 1. The van der Waals surface area contributed by atoms with Gasteiger partial charge in [-0.1, -0.05) is 17.4 Å². The number of hydrogen-bond acceptors (Lipinski definition) is 3. The van der Waals surface area contributed by atoms with Crippen LogP contribution in [0.25, 0.3) is 0 Å². The SMILES string of the molecule is Cc1sc[n+](CC(=O)c2cccs2)c1C. The molecule has 0 aliphatic rings. The van der Waals surface area contributed by atoms with E-state index >= 15 is 0 Å². The Balaban J connectivity index is 2.16. The first-order valence-corrected chi connectivity index (χ1v) is 6.45. The molecule has 2 rings (SSSR count). The Hall–Kier alpha value is -1.00. The number of ketones is 1. The Morgan fingerprint density at radius 1 is 1.40 bits per heavy atom. The highest BCUT2D eigenvalue weighted by atomic mass is 32.1. The predicted molar refractivity (Wildman–Crippen MR) is 62.6 cm³/mol. The minimum atomic E-state index is 0.191. The van der Waals surface area contributed by atoms with Crippen LogP contribution in [0.15, 0.2) is 23.0 Å². The van der Waals surface area contributed by atoms with Gasteiger partial charge in [-0.3, -0.25) is 4.79 Å². The van der Waals surface area contributed by atoms with Crippen LogP contribution in [-0.4, -0.2) is 5.78 Å². The van der Waals surface area contributed by atoms with E-state index in [1.54, 1.807) is 11.3 Å². The third-order valence-electron chi connectivity index (χ3n) is 2.41. The van der Waals surface area contributed by atoms with Crippen LogP contribution in [-0.2, 0) is 6.54 Å². The van der Waals surface area contributed by atoms with Gasteiger partial charge < -0.3 is 0 Å². The molecule has 0 aromatic carbocycles. The third-order valence-corrected chi connectivity index (χ3v) is 4.33. The number of aromatic nitrogens is 1. The lowest BCUT2D eigenvalue weighted by Crippen LogP contribution is -2.38. The van der Waals surface area contributed by atoms with Crippen LogP contribution < -0.4 is 4.57 Å². The van der Waals surface area contributed by atoms with Crippen molar-refractivity contribution in [1.29, 1.82) is 0 Å². The summed E-state index contributed by atoms with van der Waals surface area (Å²) in [6.07, 6.45) is 0. The number of hydrogen-bond donors (Lipinski definition) is 0. The fourth-order valence-corrected chi connectivity index (χ4v) is 2.80. The summed E-state index contributed by atoms with van der Waals surface area (Å²) in [5.74, 6) is 0.191. The van der Waals surface area contributed by atoms with Crippen molar-refractivity contribution in [1.82, 2.24) is 0 Å². The van der Waals surface area contributed by atoms with Crippen molar-refractivity contribution >= 4 is 28.5 Å². The second-order valence-electron chi connectivity index (χ2n) is 3.39. The average molecular weight is 238 g/mol. The maximum absolute atomic E-state index is 11.8. The first-order chi connectivity index (χ1) is 7.18. The summed E-state index contributed by atoms with van der Waals surface area (Å²) in [6, 6.07) is 3.79. The van der Waals surface area contributed by atoms with Crippen LogP contribution in [0.4, 0.5) is 0 Å². The van der Waals surface area contributed by atoms with Crippen LogP contribution in [0.5, 0.6) is 0 Å². The molecule has 15 heavy (non-hydrogen) atoms. The van der Waals surface area contributed by atoms with E-state index in [2.05, 4.69) is 6.92 Å². The molecule has 0 aliphatic heterocycles. The number of carbonyl (C=O) groups is 1. The molecule has 0 bridgehead atoms. The smallest absolute Gasteiger partial charge is 0.237 e. The summed E-state index contributed by atoms with van der Waals surface area (Å²) in [6.45, 7) is 4.58. The molecule has 0 aliphatic carbocycles. The zero-order valence-corrected chi connectivity index (χ0v) is 10.3. The molecule has 2 aromatic heterocycles. The molecule has 0 radical (unpaired) electrons. The summed E-state index contributed by atoms with van der Waals surface area (Å²) < 4.78 is 2.02. The van der Waals surface area contributed by atoms with Crippen LogP contribution in [0.1, 0.15) is 20.2 Å². The van der Waals surface area contributed by atoms with Crippen molar-refractivity contribution in [3.63, 3.8) is 0 Å². The van der Waals surface area contributed by atoms with Gasteiger partial charge in [0.1, 0.15) is 0 Å². The van der Waals surface area contributed by atoms with Gasteiger partial charge in [-0.2, -0.15) is 4.57 Å². The highest BCUT2D eigenvalue weighted by Gasteiger charge is 2.17. The first kappa shape index (κ1) is 10.5. The van der Waals surface area contributed by atoms with Gasteiger partial charge in [0.25, 0.3) is 0 Å². The molecule has 0 amide bonds. The van der Waals surface area contributed by atoms with Gasteiger partial charge in [0.2, 0.25) is 17.8 Å². The highest BCUT2D eigenvalue weighted by molar-refractivity contribution is 7.12. The van der Waals surface area contributed by atoms with Gasteiger partial charge in [-0.15, -0.1) is 11.3 Å². The normalized spacial score (nSPS) is 10.5. The lowest BCUT2D eigenvalue weighted by molar-refractivity contribution is -0.684. The summed E-state index contributed by atoms with van der Waals surface area (Å²) in [5, 5.41) is 1.93. The fraction of sp³-hybridized carbons (Fsp3) is 0.273. The second-order valence-corrected chi connectivity index (χ2v) is 5.40. The molecule has 78 valence electrons. The molecule has 0 N–H and O–H groups in total. The molecule has 0 spiro atoms. The van der Waals surface area contributed by atoms with Gasteiger partial charge in [-0.25, -0.2) is 0 Å². The summed E-state index contributed by atoms with van der Waals surface area (Å²) >= 11 is 3.19. The van der Waals surface area contributed by atoms with Gasteiger partial charge >= 0.3 is 0 Å². The molecule has 0 atom stereocenters. The lowest BCUT2D eigenvalue weighted by atomic mass is 10.3. The maximum atomic E-state index is 11.8. The Morgan fingerprint density at radius 3 is 2.73 bits per heavy atom. The van der Waals surface area contributed by atoms with Crippen molar-refractivity contribution in [2.75, 3.05) is 0 Å². The first-order valence-electron chi connectivity index (χ1n) is 4.69. The molecule has 4 heteroatoms. The number of carbonyl (C=O) groups excluding carboxylic acids is 1. The number of thiazole rings is 1. The van der Waals surface area contributed by atoms with Gasteiger partial charge in [0, 0.05) is 6.92 Å². The van der Waals surface area contributed by atoms with Gasteiger partial charge in [0.15, 0.2) is 5.69 Å². The molecule has 0 saturated heterocycles. The monoisotopic (exact) mass is 238 g/mol. The third kappa shape index (κ3) is 2.16. The van der Waals surface area contributed by atoms with Crippen molar-refractivity contribution < 1.29 is 9.36 Å². The summed E-state index contributed by atoms with van der Waals surface area (Å²) in [4.78, 5) is 13.9. The predicted octanol–water partition coefficient (Wildman–Crippen LogP) is 2.60. The largest absolute Gasteiger partial charge is 0.286 e. The number of rotatable bonds is 3. The van der Waals surface area contributed by atoms with Crippen molar-refractivity contribution in [3.05, 3.63) is 38.5 Å². The number of thiophene rings is 1. The maximum Gasteiger partial charge on any atom is 0.237 e. The van der Waals surface area contributed by atoms with Gasteiger partial charge in [-0.05, 0) is 18.4 Å². The quantitative estimate of drug-likeness (QED) is 0.595.